The first kappa shape index (κ1) is 17.1. The Morgan fingerprint density at radius 3 is 2.68 bits per heavy atom. The van der Waals surface area contributed by atoms with E-state index < -0.39 is 30.4 Å². The molecule has 0 bridgehead atoms. The average Bonchev–Trinajstić information content (AvgIpc) is 3.20. The molecule has 0 spiro atoms. The van der Waals surface area contributed by atoms with Gasteiger partial charge in [0.25, 0.3) is 0 Å². The second-order valence-corrected chi connectivity index (χ2v) is 5.77. The predicted molar refractivity (Wildman–Crippen MR) is 86.2 cm³/mol. The molecule has 3 rings (SSSR count). The van der Waals surface area contributed by atoms with Crippen molar-refractivity contribution in [1.29, 1.82) is 0 Å². The molecule has 1 aromatic heterocycles. The summed E-state index contributed by atoms with van der Waals surface area (Å²) in [6.07, 6.45) is 0.686. The van der Waals surface area contributed by atoms with Crippen LogP contribution in [-0.2, 0) is 23.8 Å². The largest absolute Gasteiger partial charge is 0.463 e. The molecular weight excluding hydrogens is 326 g/mol. The molecule has 0 unspecified atom stereocenters. The number of esters is 2. The van der Waals surface area contributed by atoms with Crippen molar-refractivity contribution in [3.05, 3.63) is 36.5 Å². The van der Waals surface area contributed by atoms with Gasteiger partial charge in [-0.15, -0.1) is 5.10 Å². The highest BCUT2D eigenvalue weighted by molar-refractivity contribution is 5.66. The molecule has 3 atom stereocenters. The summed E-state index contributed by atoms with van der Waals surface area (Å²) in [5, 5.41) is 8.27. The van der Waals surface area contributed by atoms with E-state index in [0.717, 1.165) is 11.3 Å². The molecule has 1 aliphatic heterocycles. The van der Waals surface area contributed by atoms with Crippen LogP contribution >= 0.6 is 0 Å². The van der Waals surface area contributed by atoms with Crippen LogP contribution in [0, 0.1) is 0 Å². The first-order chi connectivity index (χ1) is 12.0. The van der Waals surface area contributed by atoms with Crippen LogP contribution in [0.25, 0.3) is 11.3 Å². The van der Waals surface area contributed by atoms with E-state index in [0.29, 0.717) is 6.42 Å². The third-order valence-electron chi connectivity index (χ3n) is 3.82. The summed E-state index contributed by atoms with van der Waals surface area (Å²) in [7, 11) is 0. The first-order valence-electron chi connectivity index (χ1n) is 7.96. The zero-order valence-electron chi connectivity index (χ0n) is 14.0. The maximum Gasteiger partial charge on any atom is 0.303 e. The lowest BCUT2D eigenvalue weighted by Crippen LogP contribution is -2.31. The topological polar surface area (TPSA) is 92.5 Å². The van der Waals surface area contributed by atoms with E-state index in [4.69, 9.17) is 14.2 Å². The minimum atomic E-state index is -0.540. The van der Waals surface area contributed by atoms with Gasteiger partial charge in [-0.2, -0.15) is 0 Å². The summed E-state index contributed by atoms with van der Waals surface area (Å²) in [6, 6.07) is 9.65. The van der Waals surface area contributed by atoms with Gasteiger partial charge >= 0.3 is 11.9 Å². The Morgan fingerprint density at radius 2 is 2.00 bits per heavy atom. The van der Waals surface area contributed by atoms with Crippen LogP contribution in [0.1, 0.15) is 26.5 Å². The second kappa shape index (κ2) is 7.43. The van der Waals surface area contributed by atoms with Crippen LogP contribution in [-0.4, -0.2) is 45.7 Å². The van der Waals surface area contributed by atoms with Crippen molar-refractivity contribution in [2.45, 2.75) is 38.7 Å². The van der Waals surface area contributed by atoms with Crippen LogP contribution in [0.3, 0.4) is 0 Å². The number of aromatic nitrogens is 3. The molecule has 1 aromatic carbocycles. The average molecular weight is 345 g/mol. The SMILES string of the molecule is CC(=O)OC[C@H]1O[C@H](n2cc(-c3ccccc3)nn2)C[C@@H]1OC(C)=O. The number of carbonyl (C=O) groups is 2. The molecule has 1 aliphatic rings. The fourth-order valence-corrected chi connectivity index (χ4v) is 2.71. The van der Waals surface area contributed by atoms with E-state index in [1.54, 1.807) is 10.9 Å². The Hall–Kier alpha value is -2.74. The summed E-state index contributed by atoms with van der Waals surface area (Å²) in [6.45, 7) is 2.67. The van der Waals surface area contributed by atoms with Gasteiger partial charge < -0.3 is 14.2 Å². The summed E-state index contributed by atoms with van der Waals surface area (Å²) < 4.78 is 17.7. The number of ether oxygens (including phenoxy) is 3. The Labute approximate surface area is 144 Å². The smallest absolute Gasteiger partial charge is 0.303 e. The maximum absolute atomic E-state index is 11.3. The summed E-state index contributed by atoms with van der Waals surface area (Å²) >= 11 is 0. The van der Waals surface area contributed by atoms with Crippen molar-refractivity contribution in [3.8, 4) is 11.3 Å². The lowest BCUT2D eigenvalue weighted by molar-refractivity contribution is -0.155. The monoisotopic (exact) mass is 345 g/mol. The third kappa shape index (κ3) is 4.21. The van der Waals surface area contributed by atoms with Crippen molar-refractivity contribution in [1.82, 2.24) is 15.0 Å². The molecule has 0 aliphatic carbocycles. The van der Waals surface area contributed by atoms with Gasteiger partial charge in [0.2, 0.25) is 0 Å². The van der Waals surface area contributed by atoms with Crippen LogP contribution in [0.4, 0.5) is 0 Å². The molecule has 25 heavy (non-hydrogen) atoms. The Morgan fingerprint density at radius 1 is 1.24 bits per heavy atom. The van der Waals surface area contributed by atoms with Crippen molar-refractivity contribution in [2.24, 2.45) is 0 Å². The van der Waals surface area contributed by atoms with Gasteiger partial charge in [0.15, 0.2) is 6.23 Å². The summed E-state index contributed by atoms with van der Waals surface area (Å²) in [4.78, 5) is 22.3. The van der Waals surface area contributed by atoms with Gasteiger partial charge in [0.1, 0.15) is 24.5 Å². The zero-order valence-corrected chi connectivity index (χ0v) is 14.0. The molecule has 0 saturated carbocycles. The van der Waals surface area contributed by atoms with Crippen LogP contribution in [0.15, 0.2) is 36.5 Å². The lowest BCUT2D eigenvalue weighted by atomic mass is 10.2. The number of benzene rings is 1. The Bertz CT molecular complexity index is 746. The molecular formula is C17H19N3O5. The second-order valence-electron chi connectivity index (χ2n) is 5.77. The number of hydrogen-bond donors (Lipinski definition) is 0. The molecule has 2 aromatic rings. The van der Waals surface area contributed by atoms with Gasteiger partial charge in [0, 0.05) is 25.8 Å². The molecule has 132 valence electrons. The molecule has 0 N–H and O–H groups in total. The van der Waals surface area contributed by atoms with Gasteiger partial charge in [-0.25, -0.2) is 4.68 Å². The van der Waals surface area contributed by atoms with Crippen LogP contribution in [0.2, 0.25) is 0 Å². The number of rotatable bonds is 5. The number of carbonyl (C=O) groups excluding carboxylic acids is 2. The third-order valence-corrected chi connectivity index (χ3v) is 3.82. The van der Waals surface area contributed by atoms with E-state index in [1.165, 1.54) is 13.8 Å². The molecule has 1 fully saturated rings. The van der Waals surface area contributed by atoms with Crippen molar-refractivity contribution < 1.29 is 23.8 Å². The number of nitrogens with zero attached hydrogens (tertiary/aromatic N) is 3. The van der Waals surface area contributed by atoms with Gasteiger partial charge in [-0.05, 0) is 0 Å². The quantitative estimate of drug-likeness (QED) is 0.762. The van der Waals surface area contributed by atoms with Gasteiger partial charge in [0.05, 0.1) is 6.20 Å². The highest BCUT2D eigenvalue weighted by Gasteiger charge is 2.39. The molecule has 8 heteroatoms. The van der Waals surface area contributed by atoms with Crippen LogP contribution < -0.4 is 0 Å². The Balaban J connectivity index is 1.73. The lowest BCUT2D eigenvalue weighted by Gasteiger charge is -2.17. The van der Waals surface area contributed by atoms with Crippen molar-refractivity contribution in [3.63, 3.8) is 0 Å². The van der Waals surface area contributed by atoms with E-state index in [1.807, 2.05) is 30.3 Å². The van der Waals surface area contributed by atoms with Crippen molar-refractivity contribution >= 4 is 11.9 Å². The standard InChI is InChI=1S/C17H19N3O5/c1-11(21)23-10-16-15(24-12(2)22)8-17(25-16)20-9-14(18-19-20)13-6-4-3-5-7-13/h3-7,9,15-17H,8,10H2,1-2H3/t15-,16+,17-/m0/s1. The van der Waals surface area contributed by atoms with Crippen molar-refractivity contribution in [2.75, 3.05) is 6.61 Å². The van der Waals surface area contributed by atoms with E-state index >= 15 is 0 Å². The minimum absolute atomic E-state index is 0.0179. The molecule has 2 heterocycles. The minimum Gasteiger partial charge on any atom is -0.463 e. The highest BCUT2D eigenvalue weighted by atomic mass is 16.6. The fourth-order valence-electron chi connectivity index (χ4n) is 2.71. The van der Waals surface area contributed by atoms with Crippen LogP contribution in [0.5, 0.6) is 0 Å². The van der Waals surface area contributed by atoms with Gasteiger partial charge in [-0.1, -0.05) is 35.5 Å². The summed E-state index contributed by atoms with van der Waals surface area (Å²) in [5.41, 5.74) is 1.66. The number of hydrogen-bond acceptors (Lipinski definition) is 7. The Kier molecular flexibility index (Phi) is 5.08. The first-order valence-corrected chi connectivity index (χ1v) is 7.96. The molecule has 8 nitrogen and oxygen atoms in total. The van der Waals surface area contributed by atoms with Gasteiger partial charge in [-0.3, -0.25) is 9.59 Å². The summed E-state index contributed by atoms with van der Waals surface area (Å²) in [5.74, 6) is -0.827. The molecule has 0 radical (unpaired) electrons. The maximum atomic E-state index is 11.3. The zero-order chi connectivity index (χ0) is 17.8. The fraction of sp³-hybridized carbons (Fsp3) is 0.412. The predicted octanol–water partition coefficient (Wildman–Crippen LogP) is 1.73. The highest BCUT2D eigenvalue weighted by Crippen LogP contribution is 2.31. The molecule has 0 amide bonds. The van der Waals surface area contributed by atoms with E-state index in [-0.39, 0.29) is 6.61 Å². The van der Waals surface area contributed by atoms with E-state index in [2.05, 4.69) is 10.3 Å². The normalized spacial score (nSPS) is 22.6. The van der Waals surface area contributed by atoms with E-state index in [9.17, 15) is 9.59 Å². The molecule has 1 saturated heterocycles.